The molecule has 0 aliphatic heterocycles. The number of carboxylic acid groups (broad SMARTS) is 1. The quantitative estimate of drug-likeness (QED) is 0.516. The van der Waals surface area contributed by atoms with Gasteiger partial charge < -0.3 is 20.3 Å². The molecule has 32 heavy (non-hydrogen) atoms. The van der Waals surface area contributed by atoms with E-state index in [1.165, 1.54) is 10.6 Å². The number of anilines is 1. The SMILES string of the molecule is CC1(Cl)C=CC([C@H](CC(=O)O)NC(=O)Nc2cccn(Cc3ccccc3Cl)c2=O)=CC1. The van der Waals surface area contributed by atoms with Gasteiger partial charge in [-0.2, -0.15) is 0 Å². The molecule has 1 aliphatic carbocycles. The summed E-state index contributed by atoms with van der Waals surface area (Å²) in [6, 6.07) is 8.84. The molecule has 3 N–H and O–H groups in total. The van der Waals surface area contributed by atoms with E-state index in [-0.39, 0.29) is 18.7 Å². The molecule has 0 saturated carbocycles. The van der Waals surface area contributed by atoms with Crippen LogP contribution in [0.25, 0.3) is 0 Å². The lowest BCUT2D eigenvalue weighted by Crippen LogP contribution is -2.42. The highest BCUT2D eigenvalue weighted by molar-refractivity contribution is 6.31. The van der Waals surface area contributed by atoms with Crippen molar-refractivity contribution in [2.24, 2.45) is 0 Å². The van der Waals surface area contributed by atoms with Crippen LogP contribution in [0.1, 0.15) is 25.3 Å². The number of rotatable bonds is 7. The molecule has 1 unspecified atom stereocenters. The highest BCUT2D eigenvalue weighted by Gasteiger charge is 2.25. The highest BCUT2D eigenvalue weighted by atomic mass is 35.5. The molecule has 0 radical (unpaired) electrons. The third kappa shape index (κ3) is 6.24. The second-order valence-electron chi connectivity index (χ2n) is 7.71. The standard InChI is InChI=1S/C23H23Cl2N3O4/c1-23(25)10-8-15(9-11-23)19(13-20(29)30)27-22(32)26-18-7-4-12-28(21(18)31)14-16-5-2-3-6-17(16)24/h2-10,12,19H,11,13-14H2,1H3,(H,29,30)(H2,26,27,32)/t19-,23?/m0/s1. The third-order valence-electron chi connectivity index (χ3n) is 5.01. The molecule has 0 saturated heterocycles. The third-order valence-corrected chi connectivity index (χ3v) is 5.66. The van der Waals surface area contributed by atoms with Crippen molar-refractivity contribution < 1.29 is 14.7 Å². The Kier molecular flexibility index (Phi) is 7.43. The number of carbonyl (C=O) groups is 2. The minimum Gasteiger partial charge on any atom is -0.481 e. The molecular formula is C23H23Cl2N3O4. The van der Waals surface area contributed by atoms with E-state index in [4.69, 9.17) is 23.2 Å². The summed E-state index contributed by atoms with van der Waals surface area (Å²) in [4.78, 5) is 36.2. The van der Waals surface area contributed by atoms with Gasteiger partial charge >= 0.3 is 12.0 Å². The van der Waals surface area contributed by atoms with Gasteiger partial charge in [0.15, 0.2) is 0 Å². The van der Waals surface area contributed by atoms with Crippen molar-refractivity contribution in [3.05, 3.63) is 87.3 Å². The van der Waals surface area contributed by atoms with E-state index in [0.717, 1.165) is 5.56 Å². The van der Waals surface area contributed by atoms with E-state index in [1.54, 1.807) is 42.6 Å². The van der Waals surface area contributed by atoms with Crippen LogP contribution in [-0.2, 0) is 11.3 Å². The maximum Gasteiger partial charge on any atom is 0.319 e. The molecule has 1 aromatic carbocycles. The fourth-order valence-corrected chi connectivity index (χ4v) is 3.63. The van der Waals surface area contributed by atoms with Crippen LogP contribution in [0.15, 0.2) is 71.2 Å². The van der Waals surface area contributed by atoms with Crippen LogP contribution in [-0.4, -0.2) is 32.6 Å². The number of carbonyl (C=O) groups excluding carboxylic acids is 1. The average molecular weight is 476 g/mol. The lowest BCUT2D eigenvalue weighted by Gasteiger charge is -2.25. The minimum atomic E-state index is -1.06. The Bertz CT molecular complexity index is 1140. The molecule has 168 valence electrons. The Hall–Kier alpha value is -3.03. The summed E-state index contributed by atoms with van der Waals surface area (Å²) < 4.78 is 1.43. The maximum absolute atomic E-state index is 12.8. The molecule has 9 heteroatoms. The van der Waals surface area contributed by atoms with Crippen LogP contribution in [0.2, 0.25) is 5.02 Å². The number of carboxylic acids is 1. The summed E-state index contributed by atoms with van der Waals surface area (Å²) >= 11 is 12.4. The molecule has 2 aromatic rings. The smallest absolute Gasteiger partial charge is 0.319 e. The molecule has 7 nitrogen and oxygen atoms in total. The van der Waals surface area contributed by atoms with Crippen molar-refractivity contribution in [2.45, 2.75) is 37.2 Å². The number of aliphatic carboxylic acids is 1. The monoisotopic (exact) mass is 475 g/mol. The van der Waals surface area contributed by atoms with E-state index in [9.17, 15) is 19.5 Å². The number of allylic oxidation sites excluding steroid dienone is 2. The van der Waals surface area contributed by atoms with Crippen molar-refractivity contribution in [1.29, 1.82) is 0 Å². The van der Waals surface area contributed by atoms with Gasteiger partial charge in [-0.05, 0) is 42.7 Å². The predicted octanol–water partition coefficient (Wildman–Crippen LogP) is 4.40. The molecule has 2 amide bonds. The van der Waals surface area contributed by atoms with Crippen LogP contribution >= 0.6 is 23.2 Å². The van der Waals surface area contributed by atoms with Gasteiger partial charge in [-0.25, -0.2) is 4.79 Å². The first-order chi connectivity index (χ1) is 15.1. The number of nitrogens with one attached hydrogen (secondary N) is 2. The molecule has 3 rings (SSSR count). The normalized spacial score (nSPS) is 18.5. The van der Waals surface area contributed by atoms with Gasteiger partial charge in [-0.1, -0.05) is 48.0 Å². The number of nitrogens with zero attached hydrogens (tertiary/aromatic N) is 1. The lowest BCUT2D eigenvalue weighted by atomic mass is 9.92. The highest BCUT2D eigenvalue weighted by Crippen LogP contribution is 2.28. The van der Waals surface area contributed by atoms with E-state index >= 15 is 0 Å². The van der Waals surface area contributed by atoms with Gasteiger partial charge in [-0.15, -0.1) is 11.6 Å². The summed E-state index contributed by atoms with van der Waals surface area (Å²) in [7, 11) is 0. The second-order valence-corrected chi connectivity index (χ2v) is 8.99. The Morgan fingerprint density at radius 2 is 2.00 bits per heavy atom. The van der Waals surface area contributed by atoms with Crippen LogP contribution in [0, 0.1) is 0 Å². The maximum atomic E-state index is 12.8. The Labute approximate surface area is 195 Å². The number of urea groups is 1. The second kappa shape index (κ2) is 10.1. The summed E-state index contributed by atoms with van der Waals surface area (Å²) in [6.45, 7) is 2.08. The number of aromatic nitrogens is 1. The van der Waals surface area contributed by atoms with Crippen LogP contribution in [0.3, 0.4) is 0 Å². The van der Waals surface area contributed by atoms with Crippen molar-refractivity contribution in [3.63, 3.8) is 0 Å². The molecule has 1 heterocycles. The van der Waals surface area contributed by atoms with E-state index in [1.807, 2.05) is 19.1 Å². The summed E-state index contributed by atoms with van der Waals surface area (Å²) in [6.07, 6.45) is 7.08. The van der Waals surface area contributed by atoms with Crippen molar-refractivity contribution in [3.8, 4) is 0 Å². The number of alkyl halides is 1. The van der Waals surface area contributed by atoms with E-state index in [2.05, 4.69) is 10.6 Å². The Morgan fingerprint density at radius 1 is 1.25 bits per heavy atom. The Morgan fingerprint density at radius 3 is 2.66 bits per heavy atom. The van der Waals surface area contributed by atoms with Crippen LogP contribution in [0.4, 0.5) is 10.5 Å². The van der Waals surface area contributed by atoms with Gasteiger partial charge in [0, 0.05) is 11.2 Å². The first kappa shape index (κ1) is 23.6. The van der Waals surface area contributed by atoms with Gasteiger partial charge in [0.05, 0.1) is 23.9 Å². The zero-order valence-corrected chi connectivity index (χ0v) is 18.9. The van der Waals surface area contributed by atoms with E-state index < -0.39 is 28.5 Å². The van der Waals surface area contributed by atoms with Crippen LogP contribution in [0.5, 0.6) is 0 Å². The molecule has 2 atom stereocenters. The van der Waals surface area contributed by atoms with Gasteiger partial charge in [0.1, 0.15) is 5.69 Å². The largest absolute Gasteiger partial charge is 0.481 e. The van der Waals surface area contributed by atoms with Crippen molar-refractivity contribution in [1.82, 2.24) is 9.88 Å². The Balaban J connectivity index is 1.74. The fraction of sp³-hybridized carbons (Fsp3) is 0.261. The zero-order valence-electron chi connectivity index (χ0n) is 17.3. The number of hydrogen-bond acceptors (Lipinski definition) is 3. The number of halogens is 2. The fourth-order valence-electron chi connectivity index (χ4n) is 3.29. The molecule has 0 bridgehead atoms. The summed E-state index contributed by atoms with van der Waals surface area (Å²) in [5, 5.41) is 14.9. The summed E-state index contributed by atoms with van der Waals surface area (Å²) in [5.74, 6) is -1.06. The van der Waals surface area contributed by atoms with Crippen LogP contribution < -0.4 is 16.2 Å². The average Bonchev–Trinajstić information content (AvgIpc) is 2.72. The predicted molar refractivity (Wildman–Crippen MR) is 126 cm³/mol. The number of pyridine rings is 1. The summed E-state index contributed by atoms with van der Waals surface area (Å²) in [5.41, 5.74) is 1.06. The van der Waals surface area contributed by atoms with E-state index in [0.29, 0.717) is 17.0 Å². The number of amides is 2. The number of benzene rings is 1. The molecule has 1 aliphatic rings. The lowest BCUT2D eigenvalue weighted by molar-refractivity contribution is -0.137. The first-order valence-electron chi connectivity index (χ1n) is 9.95. The first-order valence-corrected chi connectivity index (χ1v) is 10.7. The van der Waals surface area contributed by atoms with Crippen molar-refractivity contribution in [2.75, 3.05) is 5.32 Å². The molecule has 0 spiro atoms. The topological polar surface area (TPSA) is 100 Å². The van der Waals surface area contributed by atoms with Gasteiger partial charge in [0.25, 0.3) is 5.56 Å². The number of hydrogen-bond donors (Lipinski definition) is 3. The zero-order chi connectivity index (χ0) is 23.3. The molecule has 1 aromatic heterocycles. The molecular weight excluding hydrogens is 453 g/mol. The van der Waals surface area contributed by atoms with Gasteiger partial charge in [0.2, 0.25) is 0 Å². The van der Waals surface area contributed by atoms with Gasteiger partial charge in [-0.3, -0.25) is 9.59 Å². The molecule has 0 fully saturated rings. The van der Waals surface area contributed by atoms with Crippen molar-refractivity contribution >= 4 is 40.9 Å². The minimum absolute atomic E-state index is 0.0626.